The molecule has 1 aromatic heterocycles. The van der Waals surface area contributed by atoms with Gasteiger partial charge in [-0.05, 0) is 36.4 Å². The number of nitrogens with zero attached hydrogens (tertiary/aromatic N) is 1. The number of non-ortho nitro benzene ring substituents is 1. The highest BCUT2D eigenvalue weighted by molar-refractivity contribution is 5.98. The van der Waals surface area contributed by atoms with Crippen LogP contribution in [0.3, 0.4) is 0 Å². The van der Waals surface area contributed by atoms with Crippen molar-refractivity contribution < 1.29 is 32.1 Å². The molecule has 0 spiro atoms. The minimum absolute atomic E-state index is 0.0351. The number of nitro benzene ring substituents is 1. The molecule has 0 aliphatic heterocycles. The van der Waals surface area contributed by atoms with Gasteiger partial charge in [0.05, 0.1) is 10.5 Å². The zero-order valence-corrected chi connectivity index (χ0v) is 14.9. The molecule has 8 nitrogen and oxygen atoms in total. The zero-order valence-electron chi connectivity index (χ0n) is 14.9. The Hall–Kier alpha value is -4.15. The molecule has 11 heteroatoms. The van der Waals surface area contributed by atoms with Crippen molar-refractivity contribution in [2.24, 2.45) is 0 Å². The fourth-order valence-electron chi connectivity index (χ4n) is 2.45. The Morgan fingerprint density at radius 3 is 2.23 bits per heavy atom. The van der Waals surface area contributed by atoms with Crippen LogP contribution >= 0.6 is 0 Å². The van der Waals surface area contributed by atoms with E-state index in [4.69, 9.17) is 4.42 Å². The first-order valence-corrected chi connectivity index (χ1v) is 8.28. The summed E-state index contributed by atoms with van der Waals surface area (Å²) >= 11 is 0. The minimum Gasteiger partial charge on any atom is -0.451 e. The molecule has 0 radical (unpaired) electrons. The van der Waals surface area contributed by atoms with E-state index < -0.39 is 28.5 Å². The van der Waals surface area contributed by atoms with Crippen LogP contribution in [0.25, 0.3) is 11.3 Å². The molecule has 3 rings (SSSR count). The number of nitrogens with one attached hydrogen (secondary N) is 2. The van der Waals surface area contributed by atoms with Gasteiger partial charge >= 0.3 is 12.1 Å². The van der Waals surface area contributed by atoms with Crippen LogP contribution in [0, 0.1) is 10.1 Å². The number of alkyl halides is 3. The first kappa shape index (κ1) is 20.6. The summed E-state index contributed by atoms with van der Waals surface area (Å²) in [6.45, 7) is 0. The molecule has 2 N–H and O–H groups in total. The highest BCUT2D eigenvalue weighted by atomic mass is 19.4. The van der Waals surface area contributed by atoms with Crippen LogP contribution in [0.2, 0.25) is 0 Å². The van der Waals surface area contributed by atoms with Crippen molar-refractivity contribution in [2.45, 2.75) is 6.18 Å². The van der Waals surface area contributed by atoms with Crippen LogP contribution < -0.4 is 10.9 Å². The zero-order chi connectivity index (χ0) is 21.9. The van der Waals surface area contributed by atoms with Gasteiger partial charge in [-0.2, -0.15) is 13.2 Å². The van der Waals surface area contributed by atoms with E-state index in [-0.39, 0.29) is 28.3 Å². The van der Waals surface area contributed by atoms with E-state index in [1.807, 2.05) is 0 Å². The van der Waals surface area contributed by atoms with Crippen molar-refractivity contribution >= 4 is 17.5 Å². The number of furan rings is 1. The van der Waals surface area contributed by atoms with Crippen molar-refractivity contribution in [1.82, 2.24) is 10.9 Å². The average Bonchev–Trinajstić information content (AvgIpc) is 3.22. The Balaban J connectivity index is 1.65. The smallest absolute Gasteiger partial charge is 0.416 e. The molecule has 0 unspecified atom stereocenters. The molecule has 0 bridgehead atoms. The predicted octanol–water partition coefficient (Wildman–Crippen LogP) is 3.95. The number of carbonyl (C=O) groups is 2. The number of hydrogen-bond acceptors (Lipinski definition) is 5. The molecular formula is C19H12F3N3O5. The van der Waals surface area contributed by atoms with Crippen LogP contribution in [0.4, 0.5) is 18.9 Å². The first-order chi connectivity index (χ1) is 14.1. The Morgan fingerprint density at radius 2 is 1.60 bits per heavy atom. The van der Waals surface area contributed by atoms with E-state index in [0.717, 1.165) is 24.3 Å². The maximum Gasteiger partial charge on any atom is 0.416 e. The molecule has 2 amide bonds. The topological polar surface area (TPSA) is 114 Å². The third-order valence-corrected chi connectivity index (χ3v) is 3.93. The summed E-state index contributed by atoms with van der Waals surface area (Å²) in [5.74, 6) is -1.79. The van der Waals surface area contributed by atoms with Gasteiger partial charge in [0.2, 0.25) is 0 Å². The highest BCUT2D eigenvalue weighted by Crippen LogP contribution is 2.32. The van der Waals surface area contributed by atoms with E-state index >= 15 is 0 Å². The number of amides is 2. The third kappa shape index (κ3) is 4.63. The van der Waals surface area contributed by atoms with E-state index in [0.29, 0.717) is 0 Å². The number of nitro groups is 1. The summed E-state index contributed by atoms with van der Waals surface area (Å²) in [4.78, 5) is 34.1. The molecular weight excluding hydrogens is 407 g/mol. The maximum absolute atomic E-state index is 12.8. The minimum atomic E-state index is -4.52. The van der Waals surface area contributed by atoms with Crippen LogP contribution in [0.1, 0.15) is 26.5 Å². The SMILES string of the molecule is O=C(NNC(=O)c1ccc(-c2cccc(C(F)(F)F)c2)o1)c1ccc([N+](=O)[O-])cc1. The van der Waals surface area contributed by atoms with Gasteiger partial charge in [0.25, 0.3) is 11.6 Å². The maximum atomic E-state index is 12.8. The summed E-state index contributed by atoms with van der Waals surface area (Å²) in [6, 6.07) is 11.6. The predicted molar refractivity (Wildman–Crippen MR) is 97.2 cm³/mol. The first-order valence-electron chi connectivity index (χ1n) is 8.28. The molecule has 30 heavy (non-hydrogen) atoms. The molecule has 0 saturated carbocycles. The summed E-state index contributed by atoms with van der Waals surface area (Å²) < 4.78 is 43.8. The van der Waals surface area contributed by atoms with Crippen molar-refractivity contribution in [3.8, 4) is 11.3 Å². The standard InChI is InChI=1S/C19H12F3N3O5/c20-19(21,22)13-3-1-2-12(10-13)15-8-9-16(30-15)18(27)24-23-17(26)11-4-6-14(7-5-11)25(28)29/h1-10H,(H,23,26)(H,24,27). The van der Waals surface area contributed by atoms with Crippen molar-refractivity contribution in [1.29, 1.82) is 0 Å². The van der Waals surface area contributed by atoms with Crippen LogP contribution in [-0.2, 0) is 6.18 Å². The lowest BCUT2D eigenvalue weighted by Crippen LogP contribution is -2.41. The molecule has 0 aliphatic carbocycles. The van der Waals surface area contributed by atoms with Crippen molar-refractivity contribution in [3.05, 3.63) is 87.7 Å². The van der Waals surface area contributed by atoms with Crippen LogP contribution in [0.15, 0.2) is 65.1 Å². The Bertz CT molecular complexity index is 1110. The molecule has 154 valence electrons. The quantitative estimate of drug-likeness (QED) is 0.491. The number of hydrogen-bond donors (Lipinski definition) is 2. The van der Waals surface area contributed by atoms with Gasteiger partial charge in [-0.1, -0.05) is 12.1 Å². The lowest BCUT2D eigenvalue weighted by Gasteiger charge is -2.07. The van der Waals surface area contributed by atoms with E-state index in [2.05, 4.69) is 10.9 Å². The van der Waals surface area contributed by atoms with E-state index in [1.165, 1.54) is 36.4 Å². The molecule has 0 aliphatic rings. The van der Waals surface area contributed by atoms with Crippen LogP contribution in [0.5, 0.6) is 0 Å². The molecule has 0 fully saturated rings. The molecule has 3 aromatic rings. The summed E-state index contributed by atoms with van der Waals surface area (Å²) in [5.41, 5.74) is 3.32. The second-order valence-electron chi connectivity index (χ2n) is 5.95. The number of halogens is 3. The number of hydrazine groups is 1. The Kier molecular flexibility index (Phi) is 5.54. The van der Waals surface area contributed by atoms with Crippen molar-refractivity contribution in [2.75, 3.05) is 0 Å². The fraction of sp³-hybridized carbons (Fsp3) is 0.0526. The van der Waals surface area contributed by atoms with Gasteiger partial charge in [0.15, 0.2) is 5.76 Å². The second-order valence-corrected chi connectivity index (χ2v) is 5.95. The average molecular weight is 419 g/mol. The normalized spacial score (nSPS) is 11.0. The van der Waals surface area contributed by atoms with Gasteiger partial charge < -0.3 is 4.42 Å². The molecule has 2 aromatic carbocycles. The third-order valence-electron chi connectivity index (χ3n) is 3.93. The van der Waals surface area contributed by atoms with E-state index in [9.17, 15) is 32.9 Å². The number of carbonyl (C=O) groups excluding carboxylic acids is 2. The Morgan fingerprint density at radius 1 is 0.933 bits per heavy atom. The highest BCUT2D eigenvalue weighted by Gasteiger charge is 2.30. The van der Waals surface area contributed by atoms with Crippen LogP contribution in [-0.4, -0.2) is 16.7 Å². The molecule has 1 heterocycles. The largest absolute Gasteiger partial charge is 0.451 e. The van der Waals surface area contributed by atoms with Gasteiger partial charge in [-0.25, -0.2) is 0 Å². The summed E-state index contributed by atoms with van der Waals surface area (Å²) in [6.07, 6.45) is -4.52. The van der Waals surface area contributed by atoms with Gasteiger partial charge in [-0.15, -0.1) is 0 Å². The van der Waals surface area contributed by atoms with Gasteiger partial charge in [-0.3, -0.25) is 30.6 Å². The lowest BCUT2D eigenvalue weighted by molar-refractivity contribution is -0.384. The monoisotopic (exact) mass is 419 g/mol. The Labute approximate surface area is 166 Å². The fourth-order valence-corrected chi connectivity index (χ4v) is 2.45. The van der Waals surface area contributed by atoms with Crippen molar-refractivity contribution in [3.63, 3.8) is 0 Å². The number of benzene rings is 2. The molecule has 0 atom stereocenters. The number of rotatable bonds is 4. The summed E-state index contributed by atoms with van der Waals surface area (Å²) in [7, 11) is 0. The van der Waals surface area contributed by atoms with E-state index in [1.54, 1.807) is 0 Å². The summed E-state index contributed by atoms with van der Waals surface area (Å²) in [5, 5.41) is 10.6. The second kappa shape index (κ2) is 8.07. The molecule has 0 saturated heterocycles. The lowest BCUT2D eigenvalue weighted by atomic mass is 10.1. The van der Waals surface area contributed by atoms with Gasteiger partial charge in [0.1, 0.15) is 5.76 Å². The van der Waals surface area contributed by atoms with Gasteiger partial charge in [0, 0.05) is 23.3 Å².